The third-order valence-electron chi connectivity index (χ3n) is 4.31. The number of carbonyl (C=O) groups is 1. The van der Waals surface area contributed by atoms with Crippen LogP contribution in [0.1, 0.15) is 24.5 Å². The minimum Gasteiger partial charge on any atom is -0.384 e. The van der Waals surface area contributed by atoms with Gasteiger partial charge in [0.15, 0.2) is 0 Å². The van der Waals surface area contributed by atoms with E-state index in [1.807, 2.05) is 52.2 Å². The van der Waals surface area contributed by atoms with Gasteiger partial charge in [-0.15, -0.1) is 0 Å². The maximum atomic E-state index is 12.2. The zero-order chi connectivity index (χ0) is 16.8. The number of benzene rings is 1. The van der Waals surface area contributed by atoms with Gasteiger partial charge in [-0.2, -0.15) is 5.10 Å². The van der Waals surface area contributed by atoms with Crippen LogP contribution in [0.15, 0.2) is 42.6 Å². The molecule has 1 unspecified atom stereocenters. The molecule has 1 N–H and O–H groups in total. The van der Waals surface area contributed by atoms with Gasteiger partial charge in [0.2, 0.25) is 0 Å². The number of hydrogen-bond donors (Lipinski definition) is 1. The predicted molar refractivity (Wildman–Crippen MR) is 92.4 cm³/mol. The van der Waals surface area contributed by atoms with Crippen LogP contribution in [0.5, 0.6) is 0 Å². The van der Waals surface area contributed by atoms with Gasteiger partial charge in [-0.3, -0.25) is 0 Å². The molecule has 1 aromatic heterocycles. The molecular formula is C18H24N4O2. The SMILES string of the molecule is COCC(CNC(=O)N1CCCC1)c1ccn(-c2ccccc2)n1. The maximum absolute atomic E-state index is 12.2. The maximum Gasteiger partial charge on any atom is 0.317 e. The Balaban J connectivity index is 1.64. The summed E-state index contributed by atoms with van der Waals surface area (Å²) in [6, 6.07) is 12.0. The molecule has 6 heteroatoms. The van der Waals surface area contributed by atoms with E-state index in [9.17, 15) is 4.79 Å². The van der Waals surface area contributed by atoms with Crippen molar-refractivity contribution < 1.29 is 9.53 Å². The molecule has 1 aliphatic rings. The van der Waals surface area contributed by atoms with Gasteiger partial charge in [-0.25, -0.2) is 9.48 Å². The molecule has 24 heavy (non-hydrogen) atoms. The van der Waals surface area contributed by atoms with Crippen LogP contribution in [0.2, 0.25) is 0 Å². The molecule has 1 atom stereocenters. The molecule has 2 heterocycles. The van der Waals surface area contributed by atoms with Gasteiger partial charge in [0.1, 0.15) is 0 Å². The van der Waals surface area contributed by atoms with Crippen LogP contribution < -0.4 is 5.32 Å². The Bertz CT molecular complexity index is 650. The van der Waals surface area contributed by atoms with Crippen molar-refractivity contribution in [3.05, 3.63) is 48.3 Å². The summed E-state index contributed by atoms with van der Waals surface area (Å²) in [4.78, 5) is 14.0. The number of nitrogens with one attached hydrogen (secondary N) is 1. The molecular weight excluding hydrogens is 304 g/mol. The van der Waals surface area contributed by atoms with Gasteiger partial charge < -0.3 is 15.0 Å². The number of urea groups is 1. The fourth-order valence-corrected chi connectivity index (χ4v) is 2.97. The number of aromatic nitrogens is 2. The van der Waals surface area contributed by atoms with Crippen LogP contribution in [0.3, 0.4) is 0 Å². The Hall–Kier alpha value is -2.34. The summed E-state index contributed by atoms with van der Waals surface area (Å²) in [5.41, 5.74) is 1.93. The lowest BCUT2D eigenvalue weighted by Crippen LogP contribution is -2.40. The van der Waals surface area contributed by atoms with E-state index < -0.39 is 0 Å². The molecule has 0 saturated carbocycles. The van der Waals surface area contributed by atoms with Gasteiger partial charge in [0.05, 0.1) is 18.0 Å². The van der Waals surface area contributed by atoms with Gasteiger partial charge in [0.25, 0.3) is 0 Å². The highest BCUT2D eigenvalue weighted by molar-refractivity contribution is 5.74. The van der Waals surface area contributed by atoms with Crippen molar-refractivity contribution in [2.45, 2.75) is 18.8 Å². The van der Waals surface area contributed by atoms with Crippen LogP contribution >= 0.6 is 0 Å². The number of likely N-dealkylation sites (tertiary alicyclic amines) is 1. The monoisotopic (exact) mass is 328 g/mol. The fourth-order valence-electron chi connectivity index (χ4n) is 2.97. The van der Waals surface area contributed by atoms with Crippen LogP contribution in [0.4, 0.5) is 4.79 Å². The van der Waals surface area contributed by atoms with Crippen LogP contribution in [0.25, 0.3) is 5.69 Å². The number of nitrogens with zero attached hydrogens (tertiary/aromatic N) is 3. The number of para-hydroxylation sites is 1. The smallest absolute Gasteiger partial charge is 0.317 e. The van der Waals surface area contributed by atoms with Crippen molar-refractivity contribution in [2.75, 3.05) is 33.4 Å². The Morgan fingerprint density at radius 3 is 2.71 bits per heavy atom. The van der Waals surface area contributed by atoms with Crippen molar-refractivity contribution in [3.8, 4) is 5.69 Å². The molecule has 2 amide bonds. The molecule has 0 aliphatic carbocycles. The van der Waals surface area contributed by atoms with Crippen molar-refractivity contribution in [1.29, 1.82) is 0 Å². The molecule has 3 rings (SSSR count). The summed E-state index contributed by atoms with van der Waals surface area (Å²) in [6.45, 7) is 2.74. The second-order valence-corrected chi connectivity index (χ2v) is 6.05. The summed E-state index contributed by atoms with van der Waals surface area (Å²) in [6.07, 6.45) is 4.13. The summed E-state index contributed by atoms with van der Waals surface area (Å²) in [5.74, 6) is 0.0338. The summed E-state index contributed by atoms with van der Waals surface area (Å²) < 4.78 is 7.16. The molecule has 0 bridgehead atoms. The lowest BCUT2D eigenvalue weighted by molar-refractivity contribution is 0.173. The highest BCUT2D eigenvalue weighted by Crippen LogP contribution is 2.16. The lowest BCUT2D eigenvalue weighted by Gasteiger charge is -2.19. The summed E-state index contributed by atoms with van der Waals surface area (Å²) >= 11 is 0. The molecule has 1 aromatic carbocycles. The minimum absolute atomic E-state index is 0.0103. The number of carbonyl (C=O) groups excluding carboxylic acids is 1. The van der Waals surface area contributed by atoms with Crippen LogP contribution in [0, 0.1) is 0 Å². The first-order valence-corrected chi connectivity index (χ1v) is 8.40. The largest absolute Gasteiger partial charge is 0.384 e. The minimum atomic E-state index is 0.0103. The van der Waals surface area contributed by atoms with Crippen LogP contribution in [-0.4, -0.2) is 54.1 Å². The van der Waals surface area contributed by atoms with E-state index in [-0.39, 0.29) is 11.9 Å². The molecule has 1 aliphatic heterocycles. The van der Waals surface area contributed by atoms with E-state index >= 15 is 0 Å². The average molecular weight is 328 g/mol. The van der Waals surface area contributed by atoms with Gasteiger partial charge in [-0.1, -0.05) is 18.2 Å². The summed E-state index contributed by atoms with van der Waals surface area (Å²) in [5, 5.41) is 7.66. The Morgan fingerprint density at radius 2 is 2.00 bits per heavy atom. The molecule has 1 saturated heterocycles. The Kier molecular flexibility index (Phi) is 5.48. The lowest BCUT2D eigenvalue weighted by atomic mass is 10.1. The molecule has 128 valence electrons. The van der Waals surface area contributed by atoms with Crippen LogP contribution in [-0.2, 0) is 4.74 Å². The third-order valence-corrected chi connectivity index (χ3v) is 4.31. The third kappa shape index (κ3) is 3.94. The Labute approximate surface area is 142 Å². The average Bonchev–Trinajstić information content (AvgIpc) is 3.30. The molecule has 1 fully saturated rings. The summed E-state index contributed by atoms with van der Waals surface area (Å²) in [7, 11) is 1.67. The van der Waals surface area contributed by atoms with Gasteiger partial charge >= 0.3 is 6.03 Å². The van der Waals surface area contributed by atoms with E-state index in [2.05, 4.69) is 10.4 Å². The first kappa shape index (κ1) is 16.5. The topological polar surface area (TPSA) is 59.4 Å². The second-order valence-electron chi connectivity index (χ2n) is 6.05. The Morgan fingerprint density at radius 1 is 1.25 bits per heavy atom. The van der Waals surface area contributed by atoms with E-state index in [0.29, 0.717) is 13.2 Å². The molecule has 2 aromatic rings. The number of ether oxygens (including phenoxy) is 1. The van der Waals surface area contributed by atoms with Gasteiger partial charge in [-0.05, 0) is 31.0 Å². The number of hydrogen-bond acceptors (Lipinski definition) is 3. The van der Waals surface area contributed by atoms with E-state index in [1.54, 1.807) is 7.11 Å². The normalized spacial score (nSPS) is 15.5. The highest BCUT2D eigenvalue weighted by atomic mass is 16.5. The van der Waals surface area contributed by atoms with Gasteiger partial charge in [0, 0.05) is 38.9 Å². The van der Waals surface area contributed by atoms with E-state index in [1.165, 1.54) is 0 Å². The van der Waals surface area contributed by atoms with E-state index in [4.69, 9.17) is 4.74 Å². The number of methoxy groups -OCH3 is 1. The number of amides is 2. The second kappa shape index (κ2) is 7.97. The van der Waals surface area contributed by atoms with Crippen molar-refractivity contribution in [3.63, 3.8) is 0 Å². The van der Waals surface area contributed by atoms with Crippen molar-refractivity contribution in [2.24, 2.45) is 0 Å². The fraction of sp³-hybridized carbons (Fsp3) is 0.444. The van der Waals surface area contributed by atoms with E-state index in [0.717, 1.165) is 37.3 Å². The standard InChI is InChI=1S/C18H24N4O2/c1-24-14-15(13-19-18(23)21-10-5-6-11-21)17-9-12-22(20-17)16-7-3-2-4-8-16/h2-4,7-9,12,15H,5-6,10-11,13-14H2,1H3,(H,19,23). The molecule has 0 spiro atoms. The number of rotatable bonds is 6. The van der Waals surface area contributed by atoms with Crippen molar-refractivity contribution in [1.82, 2.24) is 20.0 Å². The zero-order valence-electron chi connectivity index (χ0n) is 14.0. The molecule has 0 radical (unpaired) electrons. The first-order chi connectivity index (χ1) is 11.8. The van der Waals surface area contributed by atoms with Crippen molar-refractivity contribution >= 4 is 6.03 Å². The quantitative estimate of drug-likeness (QED) is 0.886. The first-order valence-electron chi connectivity index (χ1n) is 8.40. The predicted octanol–water partition coefficient (Wildman–Crippen LogP) is 2.41. The molecule has 6 nitrogen and oxygen atoms in total. The zero-order valence-corrected chi connectivity index (χ0v) is 14.0. The highest BCUT2D eigenvalue weighted by Gasteiger charge is 2.20.